The summed E-state index contributed by atoms with van der Waals surface area (Å²) in [7, 11) is 0. The van der Waals surface area contributed by atoms with Gasteiger partial charge < -0.3 is 25.0 Å². The van der Waals surface area contributed by atoms with E-state index in [1.165, 1.54) is 6.07 Å². The Kier molecular flexibility index (Phi) is 7.38. The van der Waals surface area contributed by atoms with Crippen molar-refractivity contribution in [3.63, 3.8) is 0 Å². The molecule has 2 heterocycles. The SMILES string of the molecule is CC(C)(C)OC(=O)NCCN(CC(=O)O)C(=O)Cc1cc2ccc(Cl)nc2[nH]c1=O. The molecule has 162 valence electrons. The first-order valence-electron chi connectivity index (χ1n) is 9.09. The Morgan fingerprint density at radius 1 is 1.30 bits per heavy atom. The summed E-state index contributed by atoms with van der Waals surface area (Å²) in [6.07, 6.45) is -0.990. The summed E-state index contributed by atoms with van der Waals surface area (Å²) >= 11 is 5.80. The number of hydrogen-bond acceptors (Lipinski definition) is 6. The van der Waals surface area contributed by atoms with E-state index in [0.29, 0.717) is 5.39 Å². The first-order chi connectivity index (χ1) is 13.9. The number of alkyl carbamates (subject to hydrolysis) is 1. The van der Waals surface area contributed by atoms with Gasteiger partial charge in [0, 0.05) is 24.0 Å². The molecule has 0 unspecified atom stereocenters. The molecule has 0 aromatic carbocycles. The molecule has 2 rings (SSSR count). The molecule has 0 bridgehead atoms. The van der Waals surface area contributed by atoms with Crippen molar-refractivity contribution in [1.29, 1.82) is 0 Å². The number of aliphatic carboxylic acids is 1. The van der Waals surface area contributed by atoms with Crippen molar-refractivity contribution >= 4 is 40.6 Å². The lowest BCUT2D eigenvalue weighted by molar-refractivity contribution is -0.144. The lowest BCUT2D eigenvalue weighted by Crippen LogP contribution is -2.43. The first-order valence-corrected chi connectivity index (χ1v) is 9.47. The first kappa shape index (κ1) is 23.1. The Morgan fingerprint density at radius 2 is 2.00 bits per heavy atom. The molecule has 2 amide bonds. The number of H-pyrrole nitrogens is 1. The van der Waals surface area contributed by atoms with E-state index >= 15 is 0 Å². The molecular formula is C19H23ClN4O6. The largest absolute Gasteiger partial charge is 0.480 e. The van der Waals surface area contributed by atoms with Crippen LogP contribution in [0.25, 0.3) is 11.0 Å². The quantitative estimate of drug-likeness (QED) is 0.557. The fraction of sp³-hybridized carbons (Fsp3) is 0.421. The lowest BCUT2D eigenvalue weighted by Gasteiger charge is -2.22. The maximum Gasteiger partial charge on any atom is 0.407 e. The number of carboxylic acids is 1. The molecule has 0 fully saturated rings. The number of carboxylic acid groups (broad SMARTS) is 1. The third kappa shape index (κ3) is 7.03. The molecule has 2 aromatic rings. The van der Waals surface area contributed by atoms with Gasteiger partial charge in [0.05, 0.1) is 6.42 Å². The van der Waals surface area contributed by atoms with Crippen LogP contribution in [0.4, 0.5) is 4.79 Å². The smallest absolute Gasteiger partial charge is 0.407 e. The van der Waals surface area contributed by atoms with Gasteiger partial charge in [-0.2, -0.15) is 0 Å². The number of nitrogens with one attached hydrogen (secondary N) is 2. The third-order valence-corrected chi connectivity index (χ3v) is 4.03. The molecule has 0 radical (unpaired) electrons. The summed E-state index contributed by atoms with van der Waals surface area (Å²) in [5, 5.41) is 12.3. The number of aromatic amines is 1. The van der Waals surface area contributed by atoms with Gasteiger partial charge in [0.2, 0.25) is 5.91 Å². The van der Waals surface area contributed by atoms with Crippen LogP contribution in [0.15, 0.2) is 23.0 Å². The Hall–Kier alpha value is -3.14. The van der Waals surface area contributed by atoms with Gasteiger partial charge in [0.25, 0.3) is 5.56 Å². The van der Waals surface area contributed by atoms with E-state index in [1.54, 1.807) is 32.9 Å². The average molecular weight is 439 g/mol. The highest BCUT2D eigenvalue weighted by atomic mass is 35.5. The highest BCUT2D eigenvalue weighted by Gasteiger charge is 2.20. The van der Waals surface area contributed by atoms with Gasteiger partial charge in [0.15, 0.2) is 0 Å². The van der Waals surface area contributed by atoms with Gasteiger partial charge in [-0.05, 0) is 39.0 Å². The van der Waals surface area contributed by atoms with Crippen molar-refractivity contribution in [3.05, 3.63) is 39.3 Å². The number of amides is 2. The van der Waals surface area contributed by atoms with E-state index in [0.717, 1.165) is 4.90 Å². The zero-order valence-electron chi connectivity index (χ0n) is 16.8. The van der Waals surface area contributed by atoms with Crippen molar-refractivity contribution in [1.82, 2.24) is 20.2 Å². The molecule has 0 saturated carbocycles. The lowest BCUT2D eigenvalue weighted by atomic mass is 10.1. The summed E-state index contributed by atoms with van der Waals surface area (Å²) < 4.78 is 5.09. The summed E-state index contributed by atoms with van der Waals surface area (Å²) in [6.45, 7) is 4.47. The molecule has 10 nitrogen and oxygen atoms in total. The number of rotatable bonds is 7. The molecule has 0 saturated heterocycles. The number of nitrogens with zero attached hydrogens (tertiary/aromatic N) is 2. The van der Waals surface area contributed by atoms with Gasteiger partial charge in [-0.25, -0.2) is 9.78 Å². The number of hydrogen-bond donors (Lipinski definition) is 3. The van der Waals surface area contributed by atoms with E-state index in [-0.39, 0.29) is 35.9 Å². The Bertz CT molecular complexity index is 1010. The molecular weight excluding hydrogens is 416 g/mol. The van der Waals surface area contributed by atoms with Crippen molar-refractivity contribution in [2.75, 3.05) is 19.6 Å². The molecule has 2 aromatic heterocycles. The Labute approximate surface area is 177 Å². The van der Waals surface area contributed by atoms with E-state index < -0.39 is 35.7 Å². The van der Waals surface area contributed by atoms with Crippen LogP contribution in [0.2, 0.25) is 5.15 Å². The maximum absolute atomic E-state index is 12.6. The molecule has 0 aliphatic heterocycles. The summed E-state index contributed by atoms with van der Waals surface area (Å²) in [5.74, 6) is -1.79. The van der Waals surface area contributed by atoms with E-state index in [9.17, 15) is 19.2 Å². The topological polar surface area (TPSA) is 142 Å². The van der Waals surface area contributed by atoms with Crippen LogP contribution in [0.5, 0.6) is 0 Å². The number of aromatic nitrogens is 2. The fourth-order valence-corrected chi connectivity index (χ4v) is 2.72. The van der Waals surface area contributed by atoms with Crippen molar-refractivity contribution < 1.29 is 24.2 Å². The molecule has 0 aliphatic carbocycles. The van der Waals surface area contributed by atoms with Crippen LogP contribution >= 0.6 is 11.6 Å². The predicted octanol–water partition coefficient (Wildman–Crippen LogP) is 1.56. The zero-order chi connectivity index (χ0) is 22.5. The van der Waals surface area contributed by atoms with E-state index in [4.69, 9.17) is 21.4 Å². The second-order valence-corrected chi connectivity index (χ2v) is 7.90. The number of carbonyl (C=O) groups is 3. The molecule has 0 aliphatic rings. The molecule has 30 heavy (non-hydrogen) atoms. The summed E-state index contributed by atoms with van der Waals surface area (Å²) in [5.41, 5.74) is -0.760. The minimum atomic E-state index is -1.22. The maximum atomic E-state index is 12.6. The normalized spacial score (nSPS) is 11.2. The van der Waals surface area contributed by atoms with Crippen LogP contribution in [-0.2, 0) is 20.7 Å². The highest BCUT2D eigenvalue weighted by molar-refractivity contribution is 6.29. The predicted molar refractivity (Wildman–Crippen MR) is 110 cm³/mol. The van der Waals surface area contributed by atoms with Gasteiger partial charge in [0.1, 0.15) is 22.9 Å². The summed E-state index contributed by atoms with van der Waals surface area (Å²) in [4.78, 5) is 55.3. The molecule has 3 N–H and O–H groups in total. The van der Waals surface area contributed by atoms with Crippen molar-refractivity contribution in [3.8, 4) is 0 Å². The minimum absolute atomic E-state index is 0.00949. The molecule has 0 atom stereocenters. The number of carbonyl (C=O) groups excluding carboxylic acids is 2. The van der Waals surface area contributed by atoms with E-state index in [1.807, 2.05) is 0 Å². The fourth-order valence-electron chi connectivity index (χ4n) is 2.57. The van der Waals surface area contributed by atoms with Crippen LogP contribution in [0.3, 0.4) is 0 Å². The van der Waals surface area contributed by atoms with Gasteiger partial charge in [-0.15, -0.1) is 0 Å². The minimum Gasteiger partial charge on any atom is -0.480 e. The van der Waals surface area contributed by atoms with Crippen LogP contribution in [0.1, 0.15) is 26.3 Å². The Morgan fingerprint density at radius 3 is 2.63 bits per heavy atom. The Balaban J connectivity index is 2.08. The number of pyridine rings is 2. The second kappa shape index (κ2) is 9.57. The average Bonchev–Trinajstić information content (AvgIpc) is 2.59. The second-order valence-electron chi connectivity index (χ2n) is 7.51. The van der Waals surface area contributed by atoms with Gasteiger partial charge in [-0.3, -0.25) is 14.4 Å². The summed E-state index contributed by atoms with van der Waals surface area (Å²) in [6, 6.07) is 4.70. The molecule has 0 spiro atoms. The van der Waals surface area contributed by atoms with Crippen molar-refractivity contribution in [2.45, 2.75) is 32.8 Å². The van der Waals surface area contributed by atoms with Gasteiger partial charge >= 0.3 is 12.1 Å². The number of ether oxygens (including phenoxy) is 1. The van der Waals surface area contributed by atoms with Crippen LogP contribution in [0, 0.1) is 0 Å². The highest BCUT2D eigenvalue weighted by Crippen LogP contribution is 2.13. The number of fused-ring (bicyclic) bond motifs is 1. The van der Waals surface area contributed by atoms with Crippen LogP contribution < -0.4 is 10.9 Å². The third-order valence-electron chi connectivity index (χ3n) is 3.82. The standard InChI is InChI=1S/C19H23ClN4O6/c1-19(2,3)30-18(29)21-6-7-24(10-15(26)27)14(25)9-12-8-11-4-5-13(20)22-16(11)23-17(12)28/h4-5,8H,6-7,9-10H2,1-3H3,(H,21,29)(H,26,27)(H,22,23,28). The van der Waals surface area contributed by atoms with Crippen molar-refractivity contribution in [2.24, 2.45) is 0 Å². The van der Waals surface area contributed by atoms with Crippen LogP contribution in [-0.4, -0.2) is 63.2 Å². The zero-order valence-corrected chi connectivity index (χ0v) is 17.6. The number of halogens is 1. The van der Waals surface area contributed by atoms with E-state index in [2.05, 4.69) is 15.3 Å². The monoisotopic (exact) mass is 438 g/mol. The molecule has 11 heteroatoms. The van der Waals surface area contributed by atoms with Gasteiger partial charge in [-0.1, -0.05) is 11.6 Å².